The quantitative estimate of drug-likeness (QED) is 0.831. The summed E-state index contributed by atoms with van der Waals surface area (Å²) in [6, 6.07) is 3.91. The Hall–Kier alpha value is -1.57. The van der Waals surface area contributed by atoms with Crippen molar-refractivity contribution in [2.24, 2.45) is 0 Å². The number of halogens is 3. The van der Waals surface area contributed by atoms with E-state index >= 15 is 0 Å². The number of amides is 1. The zero-order valence-corrected chi connectivity index (χ0v) is 8.47. The Labute approximate surface area is 89.0 Å². The number of carbonyl (C=O) groups excluding carboxylic acids is 1. The maximum absolute atomic E-state index is 12.2. The van der Waals surface area contributed by atoms with E-state index in [1.807, 2.05) is 0 Å². The molecule has 1 aromatic rings. The smallest absolute Gasteiger partial charge is 0.329 e. The summed E-state index contributed by atoms with van der Waals surface area (Å²) in [5.41, 5.74) is -5.38. The van der Waals surface area contributed by atoms with Crippen LogP contribution in [0.4, 0.5) is 18.9 Å². The molecule has 0 aliphatic carbocycles. The molecule has 0 heterocycles. The number of benzene rings is 1. The predicted octanol–water partition coefficient (Wildman–Crippen LogP) is 1.55. The van der Waals surface area contributed by atoms with E-state index in [1.165, 1.54) is 6.07 Å². The number of sulfone groups is 1. The summed E-state index contributed by atoms with van der Waals surface area (Å²) < 4.78 is 58.4. The van der Waals surface area contributed by atoms with Crippen LogP contribution < -0.4 is 5.32 Å². The van der Waals surface area contributed by atoms with Crippen LogP contribution in [0.2, 0.25) is 0 Å². The van der Waals surface area contributed by atoms with Crippen LogP contribution in [0.3, 0.4) is 0 Å². The SMILES string of the molecule is O=CNc1cccc(S(=O)(=O)C(F)(F)F)c1. The van der Waals surface area contributed by atoms with Gasteiger partial charge in [0, 0.05) is 5.69 Å². The summed E-state index contributed by atoms with van der Waals surface area (Å²) >= 11 is 0. The highest BCUT2D eigenvalue weighted by atomic mass is 32.2. The van der Waals surface area contributed by atoms with Gasteiger partial charge in [-0.25, -0.2) is 8.42 Å². The molecule has 0 unspecified atom stereocenters. The number of alkyl halides is 3. The fraction of sp³-hybridized carbons (Fsp3) is 0.125. The minimum Gasteiger partial charge on any atom is -0.329 e. The van der Waals surface area contributed by atoms with Crippen molar-refractivity contribution in [3.05, 3.63) is 24.3 Å². The largest absolute Gasteiger partial charge is 0.501 e. The lowest BCUT2D eigenvalue weighted by molar-refractivity contribution is -0.105. The molecule has 1 N–H and O–H groups in total. The van der Waals surface area contributed by atoms with Crippen molar-refractivity contribution in [1.29, 1.82) is 0 Å². The highest BCUT2D eigenvalue weighted by Gasteiger charge is 2.46. The van der Waals surface area contributed by atoms with E-state index in [0.29, 0.717) is 0 Å². The number of hydrogen-bond acceptors (Lipinski definition) is 3. The topological polar surface area (TPSA) is 63.2 Å². The minimum atomic E-state index is -5.37. The number of nitrogens with one attached hydrogen (secondary N) is 1. The summed E-state index contributed by atoms with van der Waals surface area (Å²) in [6.07, 6.45) is 0.235. The van der Waals surface area contributed by atoms with E-state index in [4.69, 9.17) is 0 Å². The van der Waals surface area contributed by atoms with Gasteiger partial charge in [-0.1, -0.05) is 6.07 Å². The van der Waals surface area contributed by atoms with E-state index in [9.17, 15) is 26.4 Å². The summed E-state index contributed by atoms with van der Waals surface area (Å²) in [4.78, 5) is 9.14. The van der Waals surface area contributed by atoms with Gasteiger partial charge >= 0.3 is 5.51 Å². The van der Waals surface area contributed by atoms with Crippen molar-refractivity contribution in [3.63, 3.8) is 0 Å². The van der Waals surface area contributed by atoms with Crippen LogP contribution in [-0.2, 0) is 14.6 Å². The van der Waals surface area contributed by atoms with E-state index < -0.39 is 20.2 Å². The lowest BCUT2D eigenvalue weighted by Crippen LogP contribution is -2.23. The molecule has 0 aromatic heterocycles. The van der Waals surface area contributed by atoms with Crippen LogP contribution in [0.15, 0.2) is 29.2 Å². The third-order valence-corrected chi connectivity index (χ3v) is 3.16. The Morgan fingerprint density at radius 2 is 1.88 bits per heavy atom. The van der Waals surface area contributed by atoms with Crippen LogP contribution in [0, 0.1) is 0 Å². The molecular formula is C8H6F3NO3S. The fourth-order valence-corrected chi connectivity index (χ4v) is 1.76. The van der Waals surface area contributed by atoms with E-state index in [1.54, 1.807) is 0 Å². The molecule has 1 rings (SSSR count). The first-order chi connectivity index (χ1) is 7.29. The second-order valence-electron chi connectivity index (χ2n) is 2.74. The van der Waals surface area contributed by atoms with Crippen LogP contribution in [0.1, 0.15) is 0 Å². The van der Waals surface area contributed by atoms with Crippen molar-refractivity contribution in [1.82, 2.24) is 0 Å². The molecule has 0 fully saturated rings. The molecule has 0 saturated heterocycles. The van der Waals surface area contributed by atoms with Crippen LogP contribution in [0.25, 0.3) is 0 Å². The van der Waals surface area contributed by atoms with Crippen LogP contribution in [-0.4, -0.2) is 20.3 Å². The molecule has 0 aliphatic rings. The first-order valence-corrected chi connectivity index (χ1v) is 5.39. The molecular weight excluding hydrogens is 247 g/mol. The summed E-state index contributed by atoms with van der Waals surface area (Å²) in [6.45, 7) is 0. The van der Waals surface area contributed by atoms with Gasteiger partial charge in [0.1, 0.15) is 0 Å². The first kappa shape index (κ1) is 12.5. The van der Waals surface area contributed by atoms with Crippen molar-refractivity contribution >= 4 is 21.9 Å². The third kappa shape index (κ3) is 2.32. The van der Waals surface area contributed by atoms with E-state index in [2.05, 4.69) is 5.32 Å². The number of hydrogen-bond donors (Lipinski definition) is 1. The molecule has 88 valence electrons. The highest BCUT2D eigenvalue weighted by Crippen LogP contribution is 2.31. The lowest BCUT2D eigenvalue weighted by atomic mass is 10.3. The fourth-order valence-electron chi connectivity index (χ4n) is 0.955. The van der Waals surface area contributed by atoms with Gasteiger partial charge in [-0.05, 0) is 18.2 Å². The van der Waals surface area contributed by atoms with Crippen LogP contribution >= 0.6 is 0 Å². The molecule has 1 amide bonds. The molecule has 1 aromatic carbocycles. The van der Waals surface area contributed by atoms with Gasteiger partial charge in [-0.3, -0.25) is 4.79 Å². The standard InChI is InChI=1S/C8H6F3NO3S/c9-8(10,11)16(14,15)7-3-1-2-6(4-7)12-5-13/h1-5H,(H,12,13). The maximum atomic E-state index is 12.2. The van der Waals surface area contributed by atoms with Crippen LogP contribution in [0.5, 0.6) is 0 Å². The zero-order valence-electron chi connectivity index (χ0n) is 7.65. The summed E-state index contributed by atoms with van der Waals surface area (Å²) in [7, 11) is -5.37. The van der Waals surface area contributed by atoms with Gasteiger partial charge in [-0.2, -0.15) is 13.2 Å². The van der Waals surface area contributed by atoms with Gasteiger partial charge in [0.15, 0.2) is 0 Å². The lowest BCUT2D eigenvalue weighted by Gasteiger charge is -2.08. The first-order valence-electron chi connectivity index (χ1n) is 3.90. The van der Waals surface area contributed by atoms with Gasteiger partial charge in [-0.15, -0.1) is 0 Å². The summed E-state index contributed by atoms with van der Waals surface area (Å²) in [5, 5.41) is 2.06. The Balaban J connectivity index is 3.24. The molecule has 0 spiro atoms. The van der Waals surface area contributed by atoms with Crippen molar-refractivity contribution in [3.8, 4) is 0 Å². The zero-order chi connectivity index (χ0) is 12.4. The van der Waals surface area contributed by atoms with Gasteiger partial charge in [0.2, 0.25) is 6.41 Å². The molecule has 8 heteroatoms. The van der Waals surface area contributed by atoms with E-state index in [0.717, 1.165) is 18.2 Å². The van der Waals surface area contributed by atoms with Gasteiger partial charge < -0.3 is 5.32 Å². The number of carbonyl (C=O) groups is 1. The Morgan fingerprint density at radius 3 is 2.38 bits per heavy atom. The normalized spacial score (nSPS) is 12.2. The molecule has 0 aliphatic heterocycles. The second-order valence-corrected chi connectivity index (χ2v) is 4.68. The summed E-state index contributed by atoms with van der Waals surface area (Å²) in [5.74, 6) is 0. The van der Waals surface area contributed by atoms with Crippen molar-refractivity contribution < 1.29 is 26.4 Å². The van der Waals surface area contributed by atoms with Gasteiger partial charge in [0.25, 0.3) is 9.84 Å². The average molecular weight is 253 g/mol. The monoisotopic (exact) mass is 253 g/mol. The van der Waals surface area contributed by atoms with Crippen molar-refractivity contribution in [2.45, 2.75) is 10.4 Å². The maximum Gasteiger partial charge on any atom is 0.501 e. The number of anilines is 1. The molecule has 0 bridgehead atoms. The third-order valence-electron chi connectivity index (χ3n) is 1.67. The molecule has 16 heavy (non-hydrogen) atoms. The van der Waals surface area contributed by atoms with Gasteiger partial charge in [0.05, 0.1) is 4.90 Å². The molecule has 0 atom stereocenters. The Morgan fingerprint density at radius 1 is 1.25 bits per heavy atom. The predicted molar refractivity (Wildman–Crippen MR) is 49.4 cm³/mol. The van der Waals surface area contributed by atoms with Crippen molar-refractivity contribution in [2.75, 3.05) is 5.32 Å². The van der Waals surface area contributed by atoms with E-state index in [-0.39, 0.29) is 12.1 Å². The molecule has 0 saturated carbocycles. The second kappa shape index (κ2) is 4.12. The molecule has 0 radical (unpaired) electrons. The Bertz CT molecular complexity index is 495. The Kier molecular flexibility index (Phi) is 3.22. The average Bonchev–Trinajstić information content (AvgIpc) is 2.17. The number of rotatable bonds is 3. The highest BCUT2D eigenvalue weighted by molar-refractivity contribution is 7.92. The minimum absolute atomic E-state index is 0.0275. The molecule has 4 nitrogen and oxygen atoms in total.